The summed E-state index contributed by atoms with van der Waals surface area (Å²) in [5.41, 5.74) is 2.39. The summed E-state index contributed by atoms with van der Waals surface area (Å²) < 4.78 is 17.3. The van der Waals surface area contributed by atoms with Crippen LogP contribution in [0.15, 0.2) is 53.7 Å². The maximum atomic E-state index is 13.2. The minimum atomic E-state index is -0.767. The maximum absolute atomic E-state index is 13.2. The van der Waals surface area contributed by atoms with Crippen LogP contribution < -0.4 is 20.1 Å². The Morgan fingerprint density at radius 1 is 1.18 bits per heavy atom. The van der Waals surface area contributed by atoms with Crippen LogP contribution in [-0.2, 0) is 16.1 Å². The highest BCUT2D eigenvalue weighted by atomic mass is 35.5. The molecule has 0 aliphatic carbocycles. The molecule has 2 aromatic carbocycles. The van der Waals surface area contributed by atoms with Gasteiger partial charge in [0.25, 0.3) is 0 Å². The average Bonchev–Trinajstić information content (AvgIpc) is 2.80. The molecular weight excluding hydrogens is 456 g/mol. The molecule has 1 atom stereocenters. The molecule has 0 fully saturated rings. The first kappa shape index (κ1) is 25.4. The Morgan fingerprint density at radius 3 is 2.62 bits per heavy atom. The Kier molecular flexibility index (Phi) is 8.82. The Bertz CT molecular complexity index is 1070. The van der Waals surface area contributed by atoms with Crippen molar-refractivity contribution in [1.82, 2.24) is 10.6 Å². The maximum Gasteiger partial charge on any atom is 0.338 e. The van der Waals surface area contributed by atoms with Crippen LogP contribution >= 0.6 is 11.6 Å². The van der Waals surface area contributed by atoms with Crippen molar-refractivity contribution in [1.29, 1.82) is 0 Å². The second-order valence-electron chi connectivity index (χ2n) is 8.28. The summed E-state index contributed by atoms with van der Waals surface area (Å²) in [6, 6.07) is 11.6. The highest BCUT2D eigenvalue weighted by Gasteiger charge is 2.36. The largest absolute Gasteiger partial charge is 0.493 e. The van der Waals surface area contributed by atoms with Crippen molar-refractivity contribution in [3.63, 3.8) is 0 Å². The van der Waals surface area contributed by atoms with Crippen LogP contribution in [0.2, 0.25) is 5.02 Å². The fourth-order valence-corrected chi connectivity index (χ4v) is 3.99. The molecule has 1 aliphatic rings. The van der Waals surface area contributed by atoms with Crippen LogP contribution in [-0.4, -0.2) is 25.2 Å². The third-order valence-electron chi connectivity index (χ3n) is 5.31. The summed E-state index contributed by atoms with van der Waals surface area (Å²) in [6.07, 6.45) is 1.97. The zero-order valence-corrected chi connectivity index (χ0v) is 20.7. The number of benzene rings is 2. The fourth-order valence-electron chi connectivity index (χ4n) is 3.78. The number of amides is 2. The molecule has 0 radical (unpaired) electrons. The monoisotopic (exact) mass is 486 g/mol. The predicted molar refractivity (Wildman–Crippen MR) is 131 cm³/mol. The summed E-state index contributed by atoms with van der Waals surface area (Å²) in [4.78, 5) is 25.8. The lowest BCUT2D eigenvalue weighted by Gasteiger charge is -2.31. The van der Waals surface area contributed by atoms with E-state index in [2.05, 4.69) is 17.6 Å². The van der Waals surface area contributed by atoms with E-state index in [-0.39, 0.29) is 18.7 Å². The number of urea groups is 1. The smallest absolute Gasteiger partial charge is 0.338 e. The number of carbonyl (C=O) groups excluding carboxylic acids is 2. The van der Waals surface area contributed by atoms with Crippen LogP contribution in [0.4, 0.5) is 4.79 Å². The van der Waals surface area contributed by atoms with Crippen LogP contribution in [0, 0.1) is 0 Å². The Hall–Kier alpha value is -3.19. The van der Waals surface area contributed by atoms with Crippen LogP contribution in [0.5, 0.6) is 11.5 Å². The van der Waals surface area contributed by atoms with Gasteiger partial charge in [-0.3, -0.25) is 0 Å². The molecule has 2 aromatic rings. The first-order chi connectivity index (χ1) is 16.3. The molecule has 0 bridgehead atoms. The number of hydrogen-bond donors (Lipinski definition) is 2. The summed E-state index contributed by atoms with van der Waals surface area (Å²) in [5.74, 6) is 0.433. The zero-order chi connectivity index (χ0) is 24.7. The van der Waals surface area contributed by atoms with Crippen molar-refractivity contribution in [2.24, 2.45) is 0 Å². The van der Waals surface area contributed by atoms with E-state index in [4.69, 9.17) is 25.8 Å². The lowest BCUT2D eigenvalue weighted by atomic mass is 9.92. The standard InChI is InChI=1S/C26H31ClN2O5/c1-5-6-12-20-22(25(30)34-16(2)3)23(29-26(31)28-20)19-11-8-13-21(32-4)24(19)33-15-17-9-7-10-18(27)14-17/h7-11,13-14,16,23H,5-6,12,15H2,1-4H3,(H2,28,29,31). The number of allylic oxidation sites excluding steroid dienone is 1. The normalized spacial score (nSPS) is 15.6. The number of carbonyl (C=O) groups is 2. The molecular formula is C26H31ClN2O5. The number of esters is 1. The lowest BCUT2D eigenvalue weighted by Crippen LogP contribution is -2.46. The quantitative estimate of drug-likeness (QED) is 0.422. The van der Waals surface area contributed by atoms with E-state index < -0.39 is 12.0 Å². The highest BCUT2D eigenvalue weighted by Crippen LogP contribution is 2.40. The van der Waals surface area contributed by atoms with Crippen molar-refractivity contribution in [2.45, 2.75) is 58.8 Å². The van der Waals surface area contributed by atoms with Gasteiger partial charge in [0.2, 0.25) is 0 Å². The number of hydrogen-bond acceptors (Lipinski definition) is 5. The van der Waals surface area contributed by atoms with Gasteiger partial charge in [0.1, 0.15) is 6.61 Å². The number of halogens is 1. The number of unbranched alkanes of at least 4 members (excludes halogenated alkanes) is 1. The fraction of sp³-hybridized carbons (Fsp3) is 0.385. The summed E-state index contributed by atoms with van der Waals surface area (Å²) in [6.45, 7) is 5.86. The number of methoxy groups -OCH3 is 1. The summed E-state index contributed by atoms with van der Waals surface area (Å²) in [7, 11) is 1.54. The first-order valence-corrected chi connectivity index (χ1v) is 11.8. The number of para-hydroxylation sites is 1. The molecule has 0 spiro atoms. The minimum absolute atomic E-state index is 0.227. The van der Waals surface area contributed by atoms with Crippen molar-refractivity contribution >= 4 is 23.6 Å². The molecule has 3 rings (SSSR count). The van der Waals surface area contributed by atoms with Gasteiger partial charge in [-0.15, -0.1) is 0 Å². The van der Waals surface area contributed by atoms with E-state index in [0.29, 0.717) is 39.8 Å². The van der Waals surface area contributed by atoms with Gasteiger partial charge >= 0.3 is 12.0 Å². The lowest BCUT2D eigenvalue weighted by molar-refractivity contribution is -0.143. The van der Waals surface area contributed by atoms with Gasteiger partial charge in [0.05, 0.1) is 24.8 Å². The zero-order valence-electron chi connectivity index (χ0n) is 19.9. The number of nitrogens with one attached hydrogen (secondary N) is 2. The summed E-state index contributed by atoms with van der Waals surface area (Å²) in [5, 5.41) is 6.29. The summed E-state index contributed by atoms with van der Waals surface area (Å²) >= 11 is 6.12. The Labute approximate surface area is 205 Å². The van der Waals surface area contributed by atoms with E-state index in [1.807, 2.05) is 24.3 Å². The van der Waals surface area contributed by atoms with Gasteiger partial charge in [-0.05, 0) is 50.5 Å². The topological polar surface area (TPSA) is 85.9 Å². The van der Waals surface area contributed by atoms with Crippen molar-refractivity contribution in [3.8, 4) is 11.5 Å². The van der Waals surface area contributed by atoms with Crippen molar-refractivity contribution in [3.05, 3.63) is 69.9 Å². The van der Waals surface area contributed by atoms with E-state index >= 15 is 0 Å². The van der Waals surface area contributed by atoms with Crippen LogP contribution in [0.1, 0.15) is 57.2 Å². The highest BCUT2D eigenvalue weighted by molar-refractivity contribution is 6.30. The van der Waals surface area contributed by atoms with E-state index in [0.717, 1.165) is 18.4 Å². The van der Waals surface area contributed by atoms with Crippen molar-refractivity contribution in [2.75, 3.05) is 7.11 Å². The molecule has 182 valence electrons. The van der Waals surface area contributed by atoms with Gasteiger partial charge in [-0.25, -0.2) is 9.59 Å². The van der Waals surface area contributed by atoms with Gasteiger partial charge in [0, 0.05) is 16.3 Å². The van der Waals surface area contributed by atoms with Crippen LogP contribution in [0.25, 0.3) is 0 Å². The number of rotatable bonds is 10. The predicted octanol–water partition coefficient (Wildman–Crippen LogP) is 5.68. The van der Waals surface area contributed by atoms with E-state index in [1.54, 1.807) is 39.2 Å². The molecule has 0 aromatic heterocycles. The minimum Gasteiger partial charge on any atom is -0.493 e. The second-order valence-corrected chi connectivity index (χ2v) is 8.71. The second kappa shape index (κ2) is 11.8. The number of ether oxygens (including phenoxy) is 3. The molecule has 1 aliphatic heterocycles. The first-order valence-electron chi connectivity index (χ1n) is 11.4. The molecule has 8 heteroatoms. The van der Waals surface area contributed by atoms with Crippen LogP contribution in [0.3, 0.4) is 0 Å². The molecule has 1 heterocycles. The Morgan fingerprint density at radius 2 is 1.94 bits per heavy atom. The molecule has 0 saturated heterocycles. The molecule has 34 heavy (non-hydrogen) atoms. The third-order valence-corrected chi connectivity index (χ3v) is 5.54. The van der Waals surface area contributed by atoms with Gasteiger partial charge < -0.3 is 24.8 Å². The molecule has 7 nitrogen and oxygen atoms in total. The molecule has 0 saturated carbocycles. The van der Waals surface area contributed by atoms with E-state index in [9.17, 15) is 9.59 Å². The van der Waals surface area contributed by atoms with Gasteiger partial charge in [-0.2, -0.15) is 0 Å². The molecule has 1 unspecified atom stereocenters. The Balaban J connectivity index is 2.07. The molecule has 2 amide bonds. The van der Waals surface area contributed by atoms with Crippen molar-refractivity contribution < 1.29 is 23.8 Å². The average molecular weight is 487 g/mol. The van der Waals surface area contributed by atoms with Gasteiger partial charge in [-0.1, -0.05) is 49.2 Å². The van der Waals surface area contributed by atoms with Gasteiger partial charge in [0.15, 0.2) is 11.5 Å². The van der Waals surface area contributed by atoms with E-state index in [1.165, 1.54) is 0 Å². The molecule has 2 N–H and O–H groups in total. The third kappa shape index (κ3) is 6.23. The SMILES string of the molecule is CCCCC1=C(C(=O)OC(C)C)C(c2cccc(OC)c2OCc2cccc(Cl)c2)NC(=O)N1.